The first-order valence-corrected chi connectivity index (χ1v) is 6.66. The second-order valence-corrected chi connectivity index (χ2v) is 6.18. The summed E-state index contributed by atoms with van der Waals surface area (Å²) in [5.41, 5.74) is 5.59. The molecule has 1 aromatic rings. The van der Waals surface area contributed by atoms with Crippen LogP contribution in [0, 0.1) is 0 Å². The van der Waals surface area contributed by atoms with Crippen LogP contribution in [0.2, 0.25) is 0 Å². The number of aromatic nitrogens is 1. The number of rotatable bonds is 5. The lowest BCUT2D eigenvalue weighted by molar-refractivity contribution is 0.520. The van der Waals surface area contributed by atoms with E-state index in [2.05, 4.69) is 10.3 Å². The molecule has 3 N–H and O–H groups in total. The van der Waals surface area contributed by atoms with Crippen LogP contribution >= 0.6 is 0 Å². The van der Waals surface area contributed by atoms with Crippen molar-refractivity contribution in [1.82, 2.24) is 9.29 Å². The quantitative estimate of drug-likeness (QED) is 0.781. The summed E-state index contributed by atoms with van der Waals surface area (Å²) < 4.78 is 24.7. The standard InChI is InChI=1S/C10H18N4O2S/c1-8(11)6-12-10-5-4-9(7-13-10)17(15,16)14(2)3/h4-5,7-8H,6,11H2,1-3H3,(H,12,13). The highest BCUT2D eigenvalue weighted by Gasteiger charge is 2.17. The molecule has 0 bridgehead atoms. The second-order valence-electron chi connectivity index (χ2n) is 4.02. The van der Waals surface area contributed by atoms with Gasteiger partial charge in [0, 0.05) is 32.9 Å². The van der Waals surface area contributed by atoms with Crippen LogP contribution in [0.1, 0.15) is 6.92 Å². The van der Waals surface area contributed by atoms with Gasteiger partial charge in [-0.2, -0.15) is 0 Å². The molecule has 0 aliphatic heterocycles. The summed E-state index contributed by atoms with van der Waals surface area (Å²) in [5, 5.41) is 3.01. The van der Waals surface area contributed by atoms with Gasteiger partial charge in [0.25, 0.3) is 0 Å². The van der Waals surface area contributed by atoms with Crippen molar-refractivity contribution < 1.29 is 8.42 Å². The van der Waals surface area contributed by atoms with Gasteiger partial charge in [-0.3, -0.25) is 0 Å². The van der Waals surface area contributed by atoms with E-state index in [1.54, 1.807) is 6.07 Å². The Labute approximate surface area is 102 Å². The zero-order valence-electron chi connectivity index (χ0n) is 10.2. The first-order valence-electron chi connectivity index (χ1n) is 5.22. The van der Waals surface area contributed by atoms with Crippen molar-refractivity contribution in [2.75, 3.05) is 26.0 Å². The molecule has 0 saturated carbocycles. The van der Waals surface area contributed by atoms with Gasteiger partial charge in [0.15, 0.2) is 0 Å². The molecule has 0 fully saturated rings. The van der Waals surface area contributed by atoms with Crippen LogP contribution in [-0.4, -0.2) is 44.4 Å². The smallest absolute Gasteiger partial charge is 0.244 e. The lowest BCUT2D eigenvalue weighted by Gasteiger charge is -2.12. The van der Waals surface area contributed by atoms with Gasteiger partial charge in [-0.1, -0.05) is 0 Å². The van der Waals surface area contributed by atoms with Gasteiger partial charge in [-0.15, -0.1) is 0 Å². The van der Waals surface area contributed by atoms with Crippen LogP contribution in [0.15, 0.2) is 23.2 Å². The molecule has 1 aromatic heterocycles. The van der Waals surface area contributed by atoms with Gasteiger partial charge in [0.05, 0.1) is 0 Å². The Morgan fingerprint density at radius 1 is 1.47 bits per heavy atom. The van der Waals surface area contributed by atoms with Crippen molar-refractivity contribution in [2.45, 2.75) is 17.9 Å². The number of anilines is 1. The summed E-state index contributed by atoms with van der Waals surface area (Å²) in [6.45, 7) is 2.46. The molecular weight excluding hydrogens is 240 g/mol. The molecule has 1 atom stereocenters. The summed E-state index contributed by atoms with van der Waals surface area (Å²) in [7, 11) is -0.439. The predicted octanol–water partition coefficient (Wildman–Crippen LogP) is 0.0910. The van der Waals surface area contributed by atoms with E-state index in [4.69, 9.17) is 5.73 Å². The van der Waals surface area contributed by atoms with Crippen LogP contribution in [0.25, 0.3) is 0 Å². The highest BCUT2D eigenvalue weighted by atomic mass is 32.2. The van der Waals surface area contributed by atoms with Crippen molar-refractivity contribution in [3.05, 3.63) is 18.3 Å². The minimum absolute atomic E-state index is 0.0157. The van der Waals surface area contributed by atoms with Gasteiger partial charge >= 0.3 is 0 Å². The molecule has 0 aliphatic carbocycles. The van der Waals surface area contributed by atoms with Crippen LogP contribution in [-0.2, 0) is 10.0 Å². The molecule has 96 valence electrons. The molecule has 0 radical (unpaired) electrons. The average Bonchev–Trinajstić information content (AvgIpc) is 2.26. The van der Waals surface area contributed by atoms with E-state index in [9.17, 15) is 8.42 Å². The third kappa shape index (κ3) is 3.65. The highest BCUT2D eigenvalue weighted by molar-refractivity contribution is 7.89. The molecule has 1 unspecified atom stereocenters. The van der Waals surface area contributed by atoms with Crippen molar-refractivity contribution in [1.29, 1.82) is 0 Å². The average molecular weight is 258 g/mol. The number of pyridine rings is 1. The number of hydrogen-bond acceptors (Lipinski definition) is 5. The van der Waals surface area contributed by atoms with Gasteiger partial charge in [0.1, 0.15) is 10.7 Å². The summed E-state index contributed by atoms with van der Waals surface area (Å²) in [6.07, 6.45) is 1.33. The normalized spacial score (nSPS) is 13.7. The van der Waals surface area contributed by atoms with Gasteiger partial charge in [-0.25, -0.2) is 17.7 Å². The summed E-state index contributed by atoms with van der Waals surface area (Å²) in [6, 6.07) is 3.16. The maximum absolute atomic E-state index is 11.8. The summed E-state index contributed by atoms with van der Waals surface area (Å²) in [4.78, 5) is 4.20. The number of nitrogens with one attached hydrogen (secondary N) is 1. The Kier molecular flexibility index (Phi) is 4.44. The number of sulfonamides is 1. The Balaban J connectivity index is 2.82. The van der Waals surface area contributed by atoms with E-state index in [0.29, 0.717) is 12.4 Å². The zero-order chi connectivity index (χ0) is 13.1. The number of hydrogen-bond donors (Lipinski definition) is 2. The lowest BCUT2D eigenvalue weighted by Crippen LogP contribution is -2.25. The fourth-order valence-electron chi connectivity index (χ4n) is 1.11. The SMILES string of the molecule is CC(N)CNc1ccc(S(=O)(=O)N(C)C)cn1. The molecule has 0 aromatic carbocycles. The Bertz CT molecular complexity index is 454. The minimum atomic E-state index is -3.41. The molecule has 17 heavy (non-hydrogen) atoms. The molecule has 6 nitrogen and oxygen atoms in total. The topological polar surface area (TPSA) is 88.3 Å². The number of nitrogens with two attached hydrogens (primary N) is 1. The van der Waals surface area contributed by atoms with E-state index in [1.165, 1.54) is 26.4 Å². The van der Waals surface area contributed by atoms with E-state index in [-0.39, 0.29) is 10.9 Å². The molecule has 0 saturated heterocycles. The molecule has 0 amide bonds. The molecular formula is C10H18N4O2S. The van der Waals surface area contributed by atoms with E-state index < -0.39 is 10.0 Å². The van der Waals surface area contributed by atoms with Crippen LogP contribution in [0.4, 0.5) is 5.82 Å². The third-order valence-electron chi connectivity index (χ3n) is 2.12. The van der Waals surface area contributed by atoms with E-state index >= 15 is 0 Å². The maximum Gasteiger partial charge on any atom is 0.244 e. The highest BCUT2D eigenvalue weighted by Crippen LogP contribution is 2.13. The number of nitrogens with zero attached hydrogens (tertiary/aromatic N) is 2. The van der Waals surface area contributed by atoms with Crippen LogP contribution in [0.5, 0.6) is 0 Å². The second kappa shape index (κ2) is 5.44. The molecule has 0 spiro atoms. The van der Waals surface area contributed by atoms with E-state index in [1.807, 2.05) is 6.92 Å². The van der Waals surface area contributed by atoms with Crippen molar-refractivity contribution in [3.8, 4) is 0 Å². The first-order chi connectivity index (χ1) is 7.84. The zero-order valence-corrected chi connectivity index (χ0v) is 11.0. The van der Waals surface area contributed by atoms with Crippen molar-refractivity contribution in [2.24, 2.45) is 5.73 Å². The van der Waals surface area contributed by atoms with Crippen LogP contribution < -0.4 is 11.1 Å². The van der Waals surface area contributed by atoms with Crippen molar-refractivity contribution >= 4 is 15.8 Å². The Morgan fingerprint density at radius 3 is 2.53 bits per heavy atom. The largest absolute Gasteiger partial charge is 0.369 e. The van der Waals surface area contributed by atoms with Gasteiger partial charge in [-0.05, 0) is 19.1 Å². The fraction of sp³-hybridized carbons (Fsp3) is 0.500. The third-order valence-corrected chi connectivity index (χ3v) is 3.92. The molecule has 0 aliphatic rings. The summed E-state index contributed by atoms with van der Waals surface area (Å²) in [5.74, 6) is 0.611. The Hall–Kier alpha value is -1.18. The van der Waals surface area contributed by atoms with Crippen molar-refractivity contribution in [3.63, 3.8) is 0 Å². The predicted molar refractivity (Wildman–Crippen MR) is 67.2 cm³/mol. The van der Waals surface area contributed by atoms with Gasteiger partial charge < -0.3 is 11.1 Å². The summed E-state index contributed by atoms with van der Waals surface area (Å²) >= 11 is 0. The fourth-order valence-corrected chi connectivity index (χ4v) is 1.96. The molecule has 7 heteroatoms. The minimum Gasteiger partial charge on any atom is -0.369 e. The van der Waals surface area contributed by atoms with E-state index in [0.717, 1.165) is 4.31 Å². The molecule has 1 rings (SSSR count). The molecule has 1 heterocycles. The first kappa shape index (κ1) is 13.9. The lowest BCUT2D eigenvalue weighted by atomic mass is 10.3. The maximum atomic E-state index is 11.8. The monoisotopic (exact) mass is 258 g/mol. The van der Waals surface area contributed by atoms with Gasteiger partial charge in [0.2, 0.25) is 10.0 Å². The Morgan fingerprint density at radius 2 is 2.12 bits per heavy atom. The van der Waals surface area contributed by atoms with Crippen LogP contribution in [0.3, 0.4) is 0 Å².